The minimum Gasteiger partial charge on any atom is -0.496 e. The predicted octanol–water partition coefficient (Wildman–Crippen LogP) is 7.53. The van der Waals surface area contributed by atoms with E-state index in [0.717, 1.165) is 18.1 Å². The summed E-state index contributed by atoms with van der Waals surface area (Å²) in [7, 11) is 1.70. The summed E-state index contributed by atoms with van der Waals surface area (Å²) in [6.45, 7) is 13.0. The first-order valence-corrected chi connectivity index (χ1v) is 8.81. The third-order valence-corrected chi connectivity index (χ3v) is 3.57. The second kappa shape index (κ2) is 20.0. The minimum absolute atomic E-state index is 0. The highest BCUT2D eigenvalue weighted by atomic mass is 16.5. The van der Waals surface area contributed by atoms with E-state index in [4.69, 9.17) is 4.74 Å². The summed E-state index contributed by atoms with van der Waals surface area (Å²) >= 11 is 0. The molecule has 0 bridgehead atoms. The molecule has 1 heteroatoms. The van der Waals surface area contributed by atoms with Crippen molar-refractivity contribution < 1.29 is 4.74 Å². The van der Waals surface area contributed by atoms with Crippen molar-refractivity contribution in [2.45, 2.75) is 87.5 Å². The Hall–Kier alpha value is -0.980. The lowest BCUT2D eigenvalue weighted by atomic mass is 10.0. The average molecular weight is 311 g/mol. The molecule has 0 fully saturated rings. The van der Waals surface area contributed by atoms with E-state index in [1.165, 1.54) is 37.7 Å². The maximum absolute atomic E-state index is 5.14. The lowest BCUT2D eigenvalue weighted by Gasteiger charge is -2.05. The zero-order valence-electron chi connectivity index (χ0n) is 15.5. The molecule has 1 atom stereocenters. The number of benzene rings is 1. The number of methoxy groups -OCH3 is 1. The molecule has 1 aromatic rings. The number of hydrogen-bond acceptors (Lipinski definition) is 1. The number of unbranched alkanes of at least 4 members (excludes halogenated alkanes) is 2. The molecule has 0 amide bonds. The van der Waals surface area contributed by atoms with Crippen LogP contribution in [0, 0.1) is 5.92 Å². The minimum atomic E-state index is 0. The van der Waals surface area contributed by atoms with Crippen LogP contribution in [0.3, 0.4) is 0 Å². The second-order valence-corrected chi connectivity index (χ2v) is 5.17. The summed E-state index contributed by atoms with van der Waals surface area (Å²) in [5.41, 5.74) is 1.27. The van der Waals surface area contributed by atoms with Crippen molar-refractivity contribution in [2.75, 3.05) is 7.11 Å². The second-order valence-electron chi connectivity index (χ2n) is 5.17. The lowest BCUT2D eigenvalue weighted by molar-refractivity contribution is 0.410. The van der Waals surface area contributed by atoms with Gasteiger partial charge < -0.3 is 4.74 Å². The highest BCUT2D eigenvalue weighted by Gasteiger charge is 1.96. The molecule has 22 heavy (non-hydrogen) atoms. The maximum Gasteiger partial charge on any atom is 0.122 e. The highest BCUT2D eigenvalue weighted by molar-refractivity contribution is 5.32. The van der Waals surface area contributed by atoms with Gasteiger partial charge in [-0.3, -0.25) is 0 Å². The molecule has 0 spiro atoms. The number of hydrogen-bond donors (Lipinski definition) is 0. The topological polar surface area (TPSA) is 9.23 Å². The van der Waals surface area contributed by atoms with E-state index in [9.17, 15) is 0 Å². The Bertz CT molecular complexity index is 284. The van der Waals surface area contributed by atoms with Gasteiger partial charge in [0.15, 0.2) is 0 Å². The van der Waals surface area contributed by atoms with Crippen molar-refractivity contribution in [1.29, 1.82) is 0 Å². The third kappa shape index (κ3) is 14.0. The van der Waals surface area contributed by atoms with Gasteiger partial charge in [0.1, 0.15) is 5.75 Å². The van der Waals surface area contributed by atoms with E-state index >= 15 is 0 Å². The Labute approximate surface area is 141 Å². The largest absolute Gasteiger partial charge is 0.496 e. The smallest absolute Gasteiger partial charge is 0.122 e. The van der Waals surface area contributed by atoms with Gasteiger partial charge in [0.05, 0.1) is 7.11 Å². The van der Waals surface area contributed by atoms with Gasteiger partial charge >= 0.3 is 0 Å². The number of para-hydroxylation sites is 1. The first-order chi connectivity index (χ1) is 10.2. The van der Waals surface area contributed by atoms with Crippen molar-refractivity contribution in [1.82, 2.24) is 0 Å². The first-order valence-electron chi connectivity index (χ1n) is 8.81. The van der Waals surface area contributed by atoms with Crippen LogP contribution in [-0.2, 0) is 6.42 Å². The summed E-state index contributed by atoms with van der Waals surface area (Å²) in [5.74, 6) is 1.95. The van der Waals surface area contributed by atoms with Gasteiger partial charge in [-0.25, -0.2) is 0 Å². The average Bonchev–Trinajstić information content (AvgIpc) is 2.57. The molecule has 1 unspecified atom stereocenters. The number of ether oxygens (including phenoxy) is 1. The van der Waals surface area contributed by atoms with Gasteiger partial charge in [0.25, 0.3) is 0 Å². The van der Waals surface area contributed by atoms with Crippen LogP contribution < -0.4 is 4.74 Å². The van der Waals surface area contributed by atoms with E-state index < -0.39 is 0 Å². The molecule has 1 rings (SSSR count). The fraction of sp³-hybridized carbons (Fsp3) is 0.714. The first kappa shape index (κ1) is 25.9. The van der Waals surface area contributed by atoms with Crippen LogP contribution in [0.5, 0.6) is 5.75 Å². The van der Waals surface area contributed by atoms with Gasteiger partial charge in [-0.15, -0.1) is 0 Å². The monoisotopic (exact) mass is 310 g/mol. The Balaban J connectivity index is -0.000000285. The van der Waals surface area contributed by atoms with Crippen molar-refractivity contribution in [3.8, 4) is 5.75 Å². The molecule has 0 N–H and O–H groups in total. The Morgan fingerprint density at radius 1 is 1.00 bits per heavy atom. The van der Waals surface area contributed by atoms with Gasteiger partial charge in [-0.2, -0.15) is 0 Å². The molecule has 0 saturated carbocycles. The molecule has 0 aliphatic carbocycles. The molecule has 0 radical (unpaired) electrons. The number of aryl methyl sites for hydroxylation is 1. The van der Waals surface area contributed by atoms with Crippen LogP contribution in [-0.4, -0.2) is 7.11 Å². The summed E-state index contributed by atoms with van der Waals surface area (Å²) in [6.07, 6.45) is 8.03. The molecule has 0 aliphatic rings. The van der Waals surface area contributed by atoms with Gasteiger partial charge in [0.2, 0.25) is 0 Å². The van der Waals surface area contributed by atoms with Crippen LogP contribution in [0.2, 0.25) is 0 Å². The zero-order chi connectivity index (χ0) is 16.5. The van der Waals surface area contributed by atoms with Gasteiger partial charge in [0, 0.05) is 0 Å². The van der Waals surface area contributed by atoms with E-state index in [2.05, 4.69) is 33.8 Å². The summed E-state index contributed by atoms with van der Waals surface area (Å²) in [6, 6.07) is 8.08. The number of rotatable bonds is 7. The summed E-state index contributed by atoms with van der Waals surface area (Å²) in [4.78, 5) is 0. The summed E-state index contributed by atoms with van der Waals surface area (Å²) < 4.78 is 5.14. The van der Waals surface area contributed by atoms with Gasteiger partial charge in [-0.1, -0.05) is 99.3 Å². The van der Waals surface area contributed by atoms with Crippen molar-refractivity contribution in [3.63, 3.8) is 0 Å². The molecule has 0 aliphatic heterocycles. The maximum atomic E-state index is 5.14. The lowest BCUT2D eigenvalue weighted by Crippen LogP contribution is -1.90. The van der Waals surface area contributed by atoms with Crippen LogP contribution in [0.15, 0.2) is 24.3 Å². The molecular formula is C21H42O. The van der Waals surface area contributed by atoms with Crippen molar-refractivity contribution in [2.24, 2.45) is 5.92 Å². The van der Waals surface area contributed by atoms with Crippen LogP contribution in [0.1, 0.15) is 86.6 Å². The van der Waals surface area contributed by atoms with Crippen LogP contribution in [0.4, 0.5) is 0 Å². The van der Waals surface area contributed by atoms with Crippen LogP contribution in [0.25, 0.3) is 0 Å². The zero-order valence-corrected chi connectivity index (χ0v) is 15.5. The fourth-order valence-electron chi connectivity index (χ4n) is 1.94. The third-order valence-electron chi connectivity index (χ3n) is 3.57. The molecule has 0 aromatic heterocycles. The van der Waals surface area contributed by atoms with E-state index in [1.807, 2.05) is 32.0 Å². The molecule has 1 nitrogen and oxygen atoms in total. The molecule has 0 heterocycles. The molecular weight excluding hydrogens is 268 g/mol. The Morgan fingerprint density at radius 2 is 1.59 bits per heavy atom. The highest BCUT2D eigenvalue weighted by Crippen LogP contribution is 2.16. The molecule has 0 saturated heterocycles. The predicted molar refractivity (Wildman–Crippen MR) is 104 cm³/mol. The summed E-state index contributed by atoms with van der Waals surface area (Å²) in [5, 5.41) is 0. The Morgan fingerprint density at radius 3 is 2.00 bits per heavy atom. The molecule has 1 aromatic carbocycles. The fourth-order valence-corrected chi connectivity index (χ4v) is 1.94. The SMILES string of the molecule is C.CC.CCCCCC(C)CC.CCc1ccccc1OC. The Kier molecular flexibility index (Phi) is 23.6. The normalized spacial score (nSPS) is 10.1. The van der Waals surface area contributed by atoms with Crippen molar-refractivity contribution in [3.05, 3.63) is 29.8 Å². The molecule has 132 valence electrons. The van der Waals surface area contributed by atoms with Crippen molar-refractivity contribution >= 4 is 0 Å². The quantitative estimate of drug-likeness (QED) is 0.473. The van der Waals surface area contributed by atoms with Gasteiger partial charge in [-0.05, 0) is 24.0 Å². The van der Waals surface area contributed by atoms with Crippen LogP contribution >= 0.6 is 0 Å². The standard InChI is InChI=1S/C9H12O.C9H20.C2H6.CH4/c1-3-8-6-4-5-7-9(8)10-2;1-4-6-7-8-9(3)5-2;1-2;/h4-7H,3H2,1-2H3;9H,4-8H2,1-3H3;1-2H3;1H4. The van der Waals surface area contributed by atoms with E-state index in [1.54, 1.807) is 7.11 Å². The van der Waals surface area contributed by atoms with E-state index in [0.29, 0.717) is 0 Å². The van der Waals surface area contributed by atoms with E-state index in [-0.39, 0.29) is 7.43 Å².